The molecule has 1 N–H and O–H groups in total. The molecule has 0 amide bonds. The zero-order valence-corrected chi connectivity index (χ0v) is 12.4. The van der Waals surface area contributed by atoms with Crippen molar-refractivity contribution in [2.24, 2.45) is 0 Å². The average Bonchev–Trinajstić information content (AvgIpc) is 2.92. The van der Waals surface area contributed by atoms with E-state index in [1.54, 1.807) is 25.3 Å². The van der Waals surface area contributed by atoms with Gasteiger partial charge in [0.25, 0.3) is 10.0 Å². The van der Waals surface area contributed by atoms with Crippen molar-refractivity contribution in [1.29, 1.82) is 0 Å². The molecule has 0 aliphatic carbocycles. The minimum absolute atomic E-state index is 0.0596. The largest absolute Gasteiger partial charge is 0.477 e. The number of rotatable bonds is 5. The maximum absolute atomic E-state index is 12.5. The van der Waals surface area contributed by atoms with Crippen molar-refractivity contribution in [3.63, 3.8) is 0 Å². The van der Waals surface area contributed by atoms with Gasteiger partial charge in [-0.3, -0.25) is 9.29 Å². The van der Waals surface area contributed by atoms with Crippen LogP contribution in [-0.2, 0) is 16.6 Å². The van der Waals surface area contributed by atoms with E-state index in [2.05, 4.69) is 4.98 Å². The van der Waals surface area contributed by atoms with E-state index in [1.807, 2.05) is 0 Å². The summed E-state index contributed by atoms with van der Waals surface area (Å²) in [6.45, 7) is 2.11. The predicted octanol–water partition coefficient (Wildman–Crippen LogP) is 1.43. The van der Waals surface area contributed by atoms with Gasteiger partial charge >= 0.3 is 5.97 Å². The van der Waals surface area contributed by atoms with Gasteiger partial charge in [-0.2, -0.15) is 0 Å². The smallest absolute Gasteiger partial charge is 0.352 e. The van der Waals surface area contributed by atoms with E-state index in [0.717, 1.165) is 10.4 Å². The zero-order valence-electron chi connectivity index (χ0n) is 11.6. The Kier molecular flexibility index (Phi) is 3.99. The lowest BCUT2D eigenvalue weighted by molar-refractivity contribution is 0.0685. The van der Waals surface area contributed by atoms with Gasteiger partial charge in [0, 0.05) is 26.0 Å². The third-order valence-corrected chi connectivity index (χ3v) is 4.85. The molecule has 0 aromatic carbocycles. The summed E-state index contributed by atoms with van der Waals surface area (Å²) in [5, 5.41) is 9.09. The SMILES string of the molecule is CCn1cc(S(=O)(=O)N(C)c2cccnc2)cc1C(=O)O. The molecule has 0 spiro atoms. The Balaban J connectivity index is 2.47. The Bertz CT molecular complexity index is 753. The number of nitrogens with zero attached hydrogens (tertiary/aromatic N) is 3. The minimum Gasteiger partial charge on any atom is -0.477 e. The van der Waals surface area contributed by atoms with Crippen molar-refractivity contribution in [3.05, 3.63) is 42.5 Å². The first kappa shape index (κ1) is 15.0. The van der Waals surface area contributed by atoms with E-state index in [1.165, 1.54) is 24.0 Å². The molecule has 2 rings (SSSR count). The number of aromatic nitrogens is 2. The van der Waals surface area contributed by atoms with Crippen LogP contribution in [0.15, 0.2) is 41.7 Å². The molecule has 112 valence electrons. The molecule has 0 aliphatic heterocycles. The molecule has 0 aliphatic rings. The molecule has 21 heavy (non-hydrogen) atoms. The van der Waals surface area contributed by atoms with Crippen molar-refractivity contribution in [1.82, 2.24) is 9.55 Å². The van der Waals surface area contributed by atoms with E-state index in [0.29, 0.717) is 12.2 Å². The fourth-order valence-electron chi connectivity index (χ4n) is 1.90. The highest BCUT2D eigenvalue weighted by Gasteiger charge is 2.25. The molecule has 8 heteroatoms. The second-order valence-corrected chi connectivity index (χ2v) is 6.31. The number of hydrogen-bond donors (Lipinski definition) is 1. The van der Waals surface area contributed by atoms with Crippen LogP contribution in [0.4, 0.5) is 5.69 Å². The first-order valence-electron chi connectivity index (χ1n) is 6.20. The predicted molar refractivity (Wildman–Crippen MR) is 76.9 cm³/mol. The van der Waals surface area contributed by atoms with Crippen molar-refractivity contribution >= 4 is 21.7 Å². The first-order valence-corrected chi connectivity index (χ1v) is 7.64. The third-order valence-electron chi connectivity index (χ3n) is 3.10. The van der Waals surface area contributed by atoms with Crippen molar-refractivity contribution < 1.29 is 18.3 Å². The molecule has 0 radical (unpaired) electrons. The topological polar surface area (TPSA) is 92.5 Å². The summed E-state index contributed by atoms with van der Waals surface area (Å²) in [6.07, 6.45) is 4.29. The third kappa shape index (κ3) is 2.75. The average molecular weight is 309 g/mol. The summed E-state index contributed by atoms with van der Waals surface area (Å²) in [5.41, 5.74) is 0.342. The lowest BCUT2D eigenvalue weighted by atomic mass is 10.4. The van der Waals surface area contributed by atoms with Crippen LogP contribution < -0.4 is 4.31 Å². The van der Waals surface area contributed by atoms with Crippen LogP contribution in [-0.4, -0.2) is 36.1 Å². The quantitative estimate of drug-likeness (QED) is 0.902. The molecule has 0 unspecified atom stereocenters. The number of sulfonamides is 1. The number of pyridine rings is 1. The van der Waals surface area contributed by atoms with Crippen molar-refractivity contribution in [3.8, 4) is 0 Å². The second-order valence-electron chi connectivity index (χ2n) is 4.34. The van der Waals surface area contributed by atoms with Crippen LogP contribution in [0, 0.1) is 0 Å². The number of aromatic carboxylic acids is 1. The van der Waals surface area contributed by atoms with Crippen LogP contribution in [0.2, 0.25) is 0 Å². The Labute approximate surface area is 122 Å². The van der Waals surface area contributed by atoms with Gasteiger partial charge in [0.2, 0.25) is 0 Å². The van der Waals surface area contributed by atoms with Crippen LogP contribution in [0.5, 0.6) is 0 Å². The number of anilines is 1. The highest BCUT2D eigenvalue weighted by atomic mass is 32.2. The van der Waals surface area contributed by atoms with Gasteiger partial charge in [0.05, 0.1) is 11.9 Å². The van der Waals surface area contributed by atoms with Crippen LogP contribution >= 0.6 is 0 Å². The molecular formula is C13H15N3O4S. The normalized spacial score (nSPS) is 11.3. The summed E-state index contributed by atoms with van der Waals surface area (Å²) in [6, 6.07) is 4.40. The highest BCUT2D eigenvalue weighted by Crippen LogP contribution is 2.23. The molecule has 0 atom stereocenters. The number of hydrogen-bond acceptors (Lipinski definition) is 4. The summed E-state index contributed by atoms with van der Waals surface area (Å²) in [5.74, 6) is -1.16. The van der Waals surface area contributed by atoms with Gasteiger partial charge in [0.15, 0.2) is 0 Å². The summed E-state index contributed by atoms with van der Waals surface area (Å²) >= 11 is 0. The van der Waals surface area contributed by atoms with Gasteiger partial charge in [-0.1, -0.05) is 0 Å². The molecule has 0 bridgehead atoms. The molecule has 0 saturated heterocycles. The van der Waals surface area contributed by atoms with E-state index in [4.69, 9.17) is 5.11 Å². The van der Waals surface area contributed by atoms with Gasteiger partial charge in [-0.05, 0) is 25.1 Å². The van der Waals surface area contributed by atoms with Crippen molar-refractivity contribution in [2.45, 2.75) is 18.4 Å². The minimum atomic E-state index is -3.83. The highest BCUT2D eigenvalue weighted by molar-refractivity contribution is 7.92. The standard InChI is InChI=1S/C13H15N3O4S/c1-3-16-9-11(7-12(16)13(17)18)21(19,20)15(2)10-5-4-6-14-8-10/h4-9H,3H2,1-2H3,(H,17,18). The van der Waals surface area contributed by atoms with E-state index < -0.39 is 16.0 Å². The van der Waals surface area contributed by atoms with Crippen molar-refractivity contribution in [2.75, 3.05) is 11.4 Å². The molecule has 2 aromatic rings. The molecular weight excluding hydrogens is 294 g/mol. The molecule has 7 nitrogen and oxygen atoms in total. The van der Waals surface area contributed by atoms with E-state index in [9.17, 15) is 13.2 Å². The number of carboxylic acid groups (broad SMARTS) is 1. The number of carbonyl (C=O) groups is 1. The Morgan fingerprint density at radius 2 is 2.19 bits per heavy atom. The second kappa shape index (κ2) is 5.57. The summed E-state index contributed by atoms with van der Waals surface area (Å²) in [4.78, 5) is 14.9. The van der Waals surface area contributed by atoms with Gasteiger partial charge in [-0.15, -0.1) is 0 Å². The lowest BCUT2D eigenvalue weighted by Crippen LogP contribution is -2.26. The molecule has 2 heterocycles. The van der Waals surface area contributed by atoms with Gasteiger partial charge in [0.1, 0.15) is 10.6 Å². The van der Waals surface area contributed by atoms with Gasteiger partial charge in [-0.25, -0.2) is 13.2 Å². The fourth-order valence-corrected chi connectivity index (χ4v) is 3.13. The molecule has 0 saturated carbocycles. The van der Waals surface area contributed by atoms with Crippen LogP contribution in [0.1, 0.15) is 17.4 Å². The lowest BCUT2D eigenvalue weighted by Gasteiger charge is -2.17. The first-order chi connectivity index (χ1) is 9.87. The Morgan fingerprint density at radius 1 is 1.48 bits per heavy atom. The summed E-state index contributed by atoms with van der Waals surface area (Å²) < 4.78 is 27.5. The number of aryl methyl sites for hydroxylation is 1. The zero-order chi connectivity index (χ0) is 15.6. The molecule has 2 aromatic heterocycles. The van der Waals surface area contributed by atoms with Crippen LogP contribution in [0.3, 0.4) is 0 Å². The Hall–Kier alpha value is -2.35. The Morgan fingerprint density at radius 3 is 2.67 bits per heavy atom. The maximum Gasteiger partial charge on any atom is 0.352 e. The van der Waals surface area contributed by atoms with E-state index >= 15 is 0 Å². The van der Waals surface area contributed by atoms with Crippen LogP contribution in [0.25, 0.3) is 0 Å². The van der Waals surface area contributed by atoms with E-state index in [-0.39, 0.29) is 10.6 Å². The summed E-state index contributed by atoms with van der Waals surface area (Å²) in [7, 11) is -2.43. The maximum atomic E-state index is 12.5. The molecule has 0 fully saturated rings. The monoisotopic (exact) mass is 309 g/mol. The van der Waals surface area contributed by atoms with Gasteiger partial charge < -0.3 is 9.67 Å². The fraction of sp³-hybridized carbons (Fsp3) is 0.231. The number of carboxylic acids is 1.